The molecule has 0 saturated carbocycles. The molecule has 5 nitrogen and oxygen atoms in total. The monoisotopic (exact) mass is 347 g/mol. The van der Waals surface area contributed by atoms with Crippen molar-refractivity contribution in [3.8, 4) is 0 Å². The molecule has 130 valence electrons. The summed E-state index contributed by atoms with van der Waals surface area (Å²) in [5.41, 5.74) is 0.980. The molecule has 1 aromatic rings. The van der Waals surface area contributed by atoms with Crippen LogP contribution in [0, 0.1) is 0 Å². The first-order chi connectivity index (χ1) is 11.7. The van der Waals surface area contributed by atoms with E-state index >= 15 is 0 Å². The maximum Gasteiger partial charge on any atom is 0.237 e. The van der Waals surface area contributed by atoms with Crippen LogP contribution in [0.5, 0.6) is 0 Å². The summed E-state index contributed by atoms with van der Waals surface area (Å²) in [6.07, 6.45) is 3.72. The van der Waals surface area contributed by atoms with Crippen molar-refractivity contribution in [2.45, 2.75) is 30.6 Å². The van der Waals surface area contributed by atoms with Crippen LogP contribution in [0.15, 0.2) is 29.2 Å². The number of benzene rings is 1. The maximum atomic E-state index is 12.2. The van der Waals surface area contributed by atoms with Crippen LogP contribution >= 0.6 is 11.8 Å². The Labute approximate surface area is 147 Å². The number of nitrogens with zero attached hydrogens (tertiary/aromatic N) is 2. The van der Waals surface area contributed by atoms with Crippen molar-refractivity contribution in [2.24, 2.45) is 0 Å². The quantitative estimate of drug-likeness (QED) is 0.821. The zero-order chi connectivity index (χ0) is 16.8. The Morgan fingerprint density at radius 3 is 2.79 bits per heavy atom. The minimum Gasteiger partial charge on any atom is -0.355 e. The first-order valence-electron chi connectivity index (χ1n) is 8.75. The molecule has 1 N–H and O–H groups in total. The molecule has 2 aliphatic heterocycles. The van der Waals surface area contributed by atoms with Gasteiger partial charge in [0, 0.05) is 31.0 Å². The molecule has 0 unspecified atom stereocenters. The van der Waals surface area contributed by atoms with E-state index in [9.17, 15) is 9.59 Å². The Morgan fingerprint density at radius 2 is 1.96 bits per heavy atom. The van der Waals surface area contributed by atoms with Crippen LogP contribution in [-0.4, -0.2) is 55.2 Å². The number of hydrogen-bond acceptors (Lipinski definition) is 4. The van der Waals surface area contributed by atoms with E-state index in [1.165, 1.54) is 12.8 Å². The molecule has 1 aromatic carbocycles. The van der Waals surface area contributed by atoms with E-state index in [4.69, 9.17) is 0 Å². The maximum absolute atomic E-state index is 12.2. The Hall–Kier alpha value is -1.53. The zero-order valence-electron chi connectivity index (χ0n) is 14.0. The Balaban J connectivity index is 1.39. The number of para-hydroxylation sites is 1. The molecule has 1 saturated heterocycles. The number of nitrogens with one attached hydrogen (secondary N) is 1. The van der Waals surface area contributed by atoms with Crippen molar-refractivity contribution in [3.05, 3.63) is 24.3 Å². The van der Waals surface area contributed by atoms with Gasteiger partial charge in [-0.25, -0.2) is 0 Å². The lowest BCUT2D eigenvalue weighted by Gasteiger charge is -2.28. The number of amides is 2. The van der Waals surface area contributed by atoms with Gasteiger partial charge < -0.3 is 15.1 Å². The van der Waals surface area contributed by atoms with Crippen LogP contribution < -0.4 is 10.2 Å². The minimum absolute atomic E-state index is 0.0846. The van der Waals surface area contributed by atoms with Gasteiger partial charge in [0.05, 0.1) is 11.4 Å². The number of likely N-dealkylation sites (tertiary alicyclic amines) is 1. The van der Waals surface area contributed by atoms with E-state index in [-0.39, 0.29) is 11.8 Å². The molecule has 6 heteroatoms. The summed E-state index contributed by atoms with van der Waals surface area (Å²) < 4.78 is 0. The van der Waals surface area contributed by atoms with Gasteiger partial charge in [0.1, 0.15) is 0 Å². The third-order valence-corrected chi connectivity index (χ3v) is 5.59. The molecule has 1 fully saturated rings. The predicted molar refractivity (Wildman–Crippen MR) is 97.4 cm³/mol. The number of fused-ring (bicyclic) bond motifs is 1. The molecule has 24 heavy (non-hydrogen) atoms. The topological polar surface area (TPSA) is 52.7 Å². The van der Waals surface area contributed by atoms with Crippen molar-refractivity contribution >= 4 is 29.3 Å². The van der Waals surface area contributed by atoms with E-state index in [2.05, 4.69) is 10.2 Å². The summed E-state index contributed by atoms with van der Waals surface area (Å²) in [5.74, 6) is 0.702. The van der Waals surface area contributed by atoms with E-state index in [1.807, 2.05) is 29.2 Å². The highest BCUT2D eigenvalue weighted by atomic mass is 32.2. The Morgan fingerprint density at radius 1 is 1.17 bits per heavy atom. The summed E-state index contributed by atoms with van der Waals surface area (Å²) in [6, 6.07) is 7.98. The first kappa shape index (κ1) is 17.3. The average molecular weight is 347 g/mol. The number of thioether (sulfide) groups is 1. The van der Waals surface area contributed by atoms with Gasteiger partial charge in [-0.1, -0.05) is 12.1 Å². The Kier molecular flexibility index (Phi) is 6.15. The number of carbonyl (C=O) groups is 2. The summed E-state index contributed by atoms with van der Waals surface area (Å²) in [6.45, 7) is 4.59. The highest BCUT2D eigenvalue weighted by Gasteiger charge is 2.23. The lowest BCUT2D eigenvalue weighted by molar-refractivity contribution is -0.121. The molecule has 0 spiro atoms. The Bertz CT molecular complexity index is 587. The third kappa shape index (κ3) is 4.51. The minimum atomic E-state index is 0.0846. The van der Waals surface area contributed by atoms with E-state index in [0.717, 1.165) is 36.8 Å². The average Bonchev–Trinajstić information content (AvgIpc) is 3.10. The summed E-state index contributed by atoms with van der Waals surface area (Å²) in [7, 11) is 0. The molecule has 2 amide bonds. The van der Waals surface area contributed by atoms with Gasteiger partial charge in [0.25, 0.3) is 0 Å². The van der Waals surface area contributed by atoms with Crippen molar-refractivity contribution in [1.29, 1.82) is 0 Å². The standard InChI is InChI=1S/C18H25N3O2S/c22-17(19-9-13-20-10-3-4-11-20)8-5-12-21-15-6-1-2-7-16(15)24-14-18(21)23/h1-2,6-7H,3-5,8-14H2,(H,19,22). The summed E-state index contributed by atoms with van der Waals surface area (Å²) >= 11 is 1.59. The molecule has 3 rings (SSSR count). The van der Waals surface area contributed by atoms with Crippen molar-refractivity contribution in [3.63, 3.8) is 0 Å². The van der Waals surface area contributed by atoms with Gasteiger partial charge >= 0.3 is 0 Å². The van der Waals surface area contributed by atoms with Gasteiger partial charge in [-0.2, -0.15) is 0 Å². The number of rotatable bonds is 7. The van der Waals surface area contributed by atoms with Gasteiger partial charge in [0.15, 0.2) is 0 Å². The van der Waals surface area contributed by atoms with Crippen molar-refractivity contribution in [2.75, 3.05) is 43.4 Å². The molecule has 0 atom stereocenters. The van der Waals surface area contributed by atoms with E-state index in [1.54, 1.807) is 11.8 Å². The fourth-order valence-electron chi connectivity index (χ4n) is 3.24. The number of carbonyl (C=O) groups excluding carboxylic acids is 2. The van der Waals surface area contributed by atoms with E-state index in [0.29, 0.717) is 25.1 Å². The summed E-state index contributed by atoms with van der Waals surface area (Å²) in [4.78, 5) is 29.5. The van der Waals surface area contributed by atoms with Crippen LogP contribution in [0.3, 0.4) is 0 Å². The second-order valence-electron chi connectivity index (χ2n) is 6.30. The zero-order valence-corrected chi connectivity index (χ0v) is 14.8. The fourth-order valence-corrected chi connectivity index (χ4v) is 4.18. The molecular weight excluding hydrogens is 322 g/mol. The largest absolute Gasteiger partial charge is 0.355 e. The van der Waals surface area contributed by atoms with Gasteiger partial charge in [-0.15, -0.1) is 11.8 Å². The smallest absolute Gasteiger partial charge is 0.237 e. The van der Waals surface area contributed by atoms with Crippen LogP contribution in [0.2, 0.25) is 0 Å². The third-order valence-electron chi connectivity index (χ3n) is 4.54. The molecular formula is C18H25N3O2S. The lowest BCUT2D eigenvalue weighted by Crippen LogP contribution is -2.37. The fraction of sp³-hybridized carbons (Fsp3) is 0.556. The lowest BCUT2D eigenvalue weighted by atomic mass is 10.2. The van der Waals surface area contributed by atoms with Crippen LogP contribution in [0.1, 0.15) is 25.7 Å². The number of anilines is 1. The molecule has 2 aliphatic rings. The molecule has 0 aliphatic carbocycles. The van der Waals surface area contributed by atoms with Crippen LogP contribution in [0.25, 0.3) is 0 Å². The van der Waals surface area contributed by atoms with Crippen molar-refractivity contribution < 1.29 is 9.59 Å². The van der Waals surface area contributed by atoms with Gasteiger partial charge in [0.2, 0.25) is 11.8 Å². The molecule has 0 aromatic heterocycles. The normalized spacial score (nSPS) is 17.8. The van der Waals surface area contributed by atoms with Gasteiger partial charge in [-0.3, -0.25) is 9.59 Å². The summed E-state index contributed by atoms with van der Waals surface area (Å²) in [5, 5.41) is 2.99. The highest BCUT2D eigenvalue weighted by molar-refractivity contribution is 8.00. The molecule has 2 heterocycles. The van der Waals surface area contributed by atoms with Crippen molar-refractivity contribution in [1.82, 2.24) is 10.2 Å². The second kappa shape index (κ2) is 8.53. The number of hydrogen-bond donors (Lipinski definition) is 1. The van der Waals surface area contributed by atoms with Gasteiger partial charge in [-0.05, 0) is 44.5 Å². The predicted octanol–water partition coefficient (Wildman–Crippen LogP) is 2.12. The van der Waals surface area contributed by atoms with Crippen LogP contribution in [-0.2, 0) is 9.59 Å². The SMILES string of the molecule is O=C(CCCN1C(=O)CSc2ccccc21)NCCN1CCCC1. The van der Waals surface area contributed by atoms with E-state index < -0.39 is 0 Å². The first-order valence-corrected chi connectivity index (χ1v) is 9.74. The highest BCUT2D eigenvalue weighted by Crippen LogP contribution is 2.34. The van der Waals surface area contributed by atoms with Crippen LogP contribution in [0.4, 0.5) is 5.69 Å². The molecule has 0 radical (unpaired) electrons. The second-order valence-corrected chi connectivity index (χ2v) is 7.32. The molecule has 0 bridgehead atoms.